The van der Waals surface area contributed by atoms with E-state index < -0.39 is 5.60 Å². The SMILES string of the molecule is CCCCCCNC(N)=NCC(O)(CC)CC.I. The van der Waals surface area contributed by atoms with Gasteiger partial charge in [0.05, 0.1) is 12.1 Å². The summed E-state index contributed by atoms with van der Waals surface area (Å²) in [6.07, 6.45) is 6.27. The first-order valence-electron chi connectivity index (χ1n) is 6.84. The van der Waals surface area contributed by atoms with Gasteiger partial charge in [0.25, 0.3) is 0 Å². The largest absolute Gasteiger partial charge is 0.388 e. The van der Waals surface area contributed by atoms with Crippen LogP contribution in [0.1, 0.15) is 59.3 Å². The minimum absolute atomic E-state index is 0. The number of hydrogen-bond acceptors (Lipinski definition) is 2. The highest BCUT2D eigenvalue weighted by atomic mass is 127. The van der Waals surface area contributed by atoms with Gasteiger partial charge in [-0.2, -0.15) is 0 Å². The minimum atomic E-state index is -0.700. The Morgan fingerprint density at radius 1 is 1.17 bits per heavy atom. The van der Waals surface area contributed by atoms with E-state index in [0.29, 0.717) is 25.3 Å². The van der Waals surface area contributed by atoms with Crippen molar-refractivity contribution < 1.29 is 5.11 Å². The van der Waals surface area contributed by atoms with Crippen LogP contribution in [0.25, 0.3) is 0 Å². The molecule has 0 atom stereocenters. The van der Waals surface area contributed by atoms with Crippen LogP contribution in [-0.2, 0) is 0 Å². The highest BCUT2D eigenvalue weighted by Gasteiger charge is 2.21. The lowest BCUT2D eigenvalue weighted by molar-refractivity contribution is 0.0418. The van der Waals surface area contributed by atoms with Gasteiger partial charge in [0.15, 0.2) is 5.96 Å². The van der Waals surface area contributed by atoms with Crippen LogP contribution < -0.4 is 11.1 Å². The van der Waals surface area contributed by atoms with Crippen LogP contribution in [0.4, 0.5) is 0 Å². The molecule has 0 saturated heterocycles. The molecular weight excluding hydrogens is 341 g/mol. The first kappa shape index (κ1) is 20.3. The van der Waals surface area contributed by atoms with Crippen LogP contribution >= 0.6 is 24.0 Å². The Morgan fingerprint density at radius 3 is 2.28 bits per heavy atom. The van der Waals surface area contributed by atoms with E-state index in [4.69, 9.17) is 5.73 Å². The van der Waals surface area contributed by atoms with E-state index >= 15 is 0 Å². The number of nitrogens with one attached hydrogen (secondary N) is 1. The molecule has 4 nitrogen and oxygen atoms in total. The molecule has 0 aliphatic carbocycles. The summed E-state index contributed by atoms with van der Waals surface area (Å²) < 4.78 is 0. The van der Waals surface area contributed by atoms with Crippen molar-refractivity contribution in [2.24, 2.45) is 10.7 Å². The first-order chi connectivity index (χ1) is 8.08. The number of guanidine groups is 1. The van der Waals surface area contributed by atoms with Crippen molar-refractivity contribution in [3.8, 4) is 0 Å². The number of nitrogens with two attached hydrogens (primary N) is 1. The lowest BCUT2D eigenvalue weighted by Crippen LogP contribution is -2.36. The fourth-order valence-corrected chi connectivity index (χ4v) is 1.53. The molecule has 0 radical (unpaired) electrons. The van der Waals surface area contributed by atoms with E-state index in [1.807, 2.05) is 13.8 Å². The summed E-state index contributed by atoms with van der Waals surface area (Å²) in [6.45, 7) is 7.38. The summed E-state index contributed by atoms with van der Waals surface area (Å²) in [4.78, 5) is 4.19. The number of rotatable bonds is 9. The Labute approximate surface area is 129 Å². The number of unbranched alkanes of at least 4 members (excludes halogenated alkanes) is 3. The van der Waals surface area contributed by atoms with Gasteiger partial charge in [-0.05, 0) is 19.3 Å². The maximum Gasteiger partial charge on any atom is 0.188 e. The molecule has 4 N–H and O–H groups in total. The second kappa shape index (κ2) is 12.0. The molecular formula is C13H30IN3O. The summed E-state index contributed by atoms with van der Waals surface area (Å²) in [5.74, 6) is 0.446. The molecule has 0 bridgehead atoms. The standard InChI is InChI=1S/C13H29N3O.HI/c1-4-7-8-9-10-15-12(14)16-11-13(17,5-2)6-3;/h17H,4-11H2,1-3H3,(H3,14,15,16);1H. The minimum Gasteiger partial charge on any atom is -0.388 e. The number of hydrogen-bond donors (Lipinski definition) is 3. The Bertz CT molecular complexity index is 218. The van der Waals surface area contributed by atoms with Crippen molar-refractivity contribution in [1.29, 1.82) is 0 Å². The first-order valence-corrected chi connectivity index (χ1v) is 6.84. The smallest absolute Gasteiger partial charge is 0.188 e. The monoisotopic (exact) mass is 371 g/mol. The lowest BCUT2D eigenvalue weighted by Gasteiger charge is -2.22. The molecule has 0 rings (SSSR count). The maximum atomic E-state index is 10.0. The van der Waals surface area contributed by atoms with Crippen LogP contribution in [0, 0.1) is 0 Å². The second-order valence-electron chi connectivity index (χ2n) is 4.62. The van der Waals surface area contributed by atoms with E-state index in [2.05, 4.69) is 17.2 Å². The van der Waals surface area contributed by atoms with Crippen molar-refractivity contribution in [1.82, 2.24) is 5.32 Å². The van der Waals surface area contributed by atoms with Gasteiger partial charge < -0.3 is 16.2 Å². The van der Waals surface area contributed by atoms with E-state index in [1.54, 1.807) is 0 Å². The average Bonchev–Trinajstić information content (AvgIpc) is 2.35. The molecule has 0 aromatic carbocycles. The van der Waals surface area contributed by atoms with Gasteiger partial charge >= 0.3 is 0 Å². The number of aliphatic hydroxyl groups is 1. The van der Waals surface area contributed by atoms with Crippen molar-refractivity contribution in [2.45, 2.75) is 64.9 Å². The van der Waals surface area contributed by atoms with Crippen LogP contribution in [0.15, 0.2) is 4.99 Å². The van der Waals surface area contributed by atoms with E-state index in [9.17, 15) is 5.11 Å². The summed E-state index contributed by atoms with van der Waals surface area (Å²) in [5, 5.41) is 13.1. The third kappa shape index (κ3) is 9.94. The Balaban J connectivity index is 0. The Kier molecular flexibility index (Phi) is 13.5. The van der Waals surface area contributed by atoms with E-state index in [0.717, 1.165) is 13.0 Å². The Morgan fingerprint density at radius 2 is 1.78 bits per heavy atom. The summed E-state index contributed by atoms with van der Waals surface area (Å²) in [7, 11) is 0. The quantitative estimate of drug-likeness (QED) is 0.253. The molecule has 0 heterocycles. The van der Waals surface area contributed by atoms with Crippen molar-refractivity contribution in [2.75, 3.05) is 13.1 Å². The Hall–Kier alpha value is -0.0400. The number of halogens is 1. The zero-order valence-corrected chi connectivity index (χ0v) is 14.4. The summed E-state index contributed by atoms with van der Waals surface area (Å²) in [6, 6.07) is 0. The number of aliphatic imine (C=N–C) groups is 1. The third-order valence-electron chi connectivity index (χ3n) is 3.20. The van der Waals surface area contributed by atoms with Crippen LogP contribution in [0.5, 0.6) is 0 Å². The van der Waals surface area contributed by atoms with Crippen LogP contribution in [0.2, 0.25) is 0 Å². The molecule has 0 aromatic rings. The topological polar surface area (TPSA) is 70.6 Å². The predicted molar refractivity (Wildman–Crippen MR) is 89.6 cm³/mol. The molecule has 5 heteroatoms. The summed E-state index contributed by atoms with van der Waals surface area (Å²) >= 11 is 0. The van der Waals surface area contributed by atoms with Gasteiger partial charge in [0.1, 0.15) is 0 Å². The normalized spacial score (nSPS) is 12.1. The summed E-state index contributed by atoms with van der Waals surface area (Å²) in [5.41, 5.74) is 5.03. The fourth-order valence-electron chi connectivity index (χ4n) is 1.53. The number of nitrogens with zero attached hydrogens (tertiary/aromatic N) is 1. The maximum absolute atomic E-state index is 10.0. The third-order valence-corrected chi connectivity index (χ3v) is 3.20. The molecule has 0 amide bonds. The molecule has 18 heavy (non-hydrogen) atoms. The molecule has 0 aromatic heterocycles. The zero-order valence-electron chi connectivity index (χ0n) is 12.0. The van der Waals surface area contributed by atoms with Gasteiger partial charge in [-0.15, -0.1) is 24.0 Å². The average molecular weight is 371 g/mol. The van der Waals surface area contributed by atoms with Crippen molar-refractivity contribution in [3.63, 3.8) is 0 Å². The fraction of sp³-hybridized carbons (Fsp3) is 0.923. The molecule has 0 aliphatic heterocycles. The van der Waals surface area contributed by atoms with Crippen molar-refractivity contribution >= 4 is 29.9 Å². The molecule has 0 spiro atoms. The second-order valence-corrected chi connectivity index (χ2v) is 4.62. The highest BCUT2D eigenvalue weighted by molar-refractivity contribution is 14.0. The van der Waals surface area contributed by atoms with Crippen LogP contribution in [0.3, 0.4) is 0 Å². The molecule has 0 unspecified atom stereocenters. The predicted octanol–water partition coefficient (Wildman–Crippen LogP) is 2.64. The van der Waals surface area contributed by atoms with Gasteiger partial charge in [0, 0.05) is 6.54 Å². The molecule has 0 aliphatic rings. The van der Waals surface area contributed by atoms with Gasteiger partial charge in [-0.3, -0.25) is 4.99 Å². The molecule has 110 valence electrons. The van der Waals surface area contributed by atoms with Crippen LogP contribution in [-0.4, -0.2) is 29.8 Å². The van der Waals surface area contributed by atoms with E-state index in [-0.39, 0.29) is 24.0 Å². The molecule has 0 fully saturated rings. The van der Waals surface area contributed by atoms with Gasteiger partial charge in [-0.25, -0.2) is 0 Å². The highest BCUT2D eigenvalue weighted by Crippen LogP contribution is 2.14. The van der Waals surface area contributed by atoms with E-state index in [1.165, 1.54) is 19.3 Å². The van der Waals surface area contributed by atoms with Gasteiger partial charge in [0.2, 0.25) is 0 Å². The van der Waals surface area contributed by atoms with Crippen molar-refractivity contribution in [3.05, 3.63) is 0 Å². The van der Waals surface area contributed by atoms with Gasteiger partial charge in [-0.1, -0.05) is 40.0 Å². The zero-order chi connectivity index (χ0) is 13.1. The lowest BCUT2D eigenvalue weighted by atomic mass is 9.98. The molecule has 0 saturated carbocycles.